The molecule has 4 rings (SSSR count). The van der Waals surface area contributed by atoms with Crippen molar-refractivity contribution in [3.63, 3.8) is 0 Å². The second-order valence-electron chi connectivity index (χ2n) is 8.21. The van der Waals surface area contributed by atoms with Gasteiger partial charge in [0.15, 0.2) is 0 Å². The van der Waals surface area contributed by atoms with Gasteiger partial charge in [0.05, 0.1) is 0 Å². The molecule has 2 nitrogen and oxygen atoms in total. The maximum Gasteiger partial charge on any atom is 0.208 e. The summed E-state index contributed by atoms with van der Waals surface area (Å²) in [6.45, 7) is 2.85. The molecule has 0 saturated heterocycles. The standard InChI is InChI=1S/C31H30NOP/c1-2-3-26-32(34(33,29-20-12-6-13-21-29)30-22-14-7-15-23-30)31(28-18-10-5-11-19-28)25-24-27-16-8-4-9-17-27/h4-23,31H,2-3,26H2,1H3. The molecule has 0 heterocycles. The monoisotopic (exact) mass is 463 g/mol. The minimum absolute atomic E-state index is 0.320. The molecule has 34 heavy (non-hydrogen) atoms. The molecule has 4 aromatic carbocycles. The molecule has 0 bridgehead atoms. The van der Waals surface area contributed by atoms with Crippen LogP contribution >= 0.6 is 7.29 Å². The van der Waals surface area contributed by atoms with Crippen molar-refractivity contribution in [2.24, 2.45) is 0 Å². The van der Waals surface area contributed by atoms with Crippen LogP contribution in [0.1, 0.15) is 36.9 Å². The first-order chi connectivity index (χ1) is 16.7. The van der Waals surface area contributed by atoms with E-state index in [9.17, 15) is 0 Å². The molecule has 0 aliphatic carbocycles. The van der Waals surface area contributed by atoms with Crippen LogP contribution in [-0.2, 0) is 4.57 Å². The Morgan fingerprint density at radius 2 is 1.18 bits per heavy atom. The van der Waals surface area contributed by atoms with E-state index in [1.807, 2.05) is 109 Å². The van der Waals surface area contributed by atoms with Crippen LogP contribution in [0.5, 0.6) is 0 Å². The molecule has 0 saturated carbocycles. The maximum absolute atomic E-state index is 15.3. The molecule has 0 aliphatic heterocycles. The van der Waals surface area contributed by atoms with Gasteiger partial charge in [-0.05, 0) is 48.4 Å². The van der Waals surface area contributed by atoms with Crippen LogP contribution in [0.4, 0.5) is 0 Å². The van der Waals surface area contributed by atoms with Gasteiger partial charge in [-0.1, -0.05) is 110 Å². The average Bonchev–Trinajstić information content (AvgIpc) is 2.92. The minimum Gasteiger partial charge on any atom is -0.296 e. The summed E-state index contributed by atoms with van der Waals surface area (Å²) in [7, 11) is -3.18. The van der Waals surface area contributed by atoms with E-state index < -0.39 is 7.29 Å². The molecule has 3 heteroatoms. The molecule has 170 valence electrons. The lowest BCUT2D eigenvalue weighted by molar-refractivity contribution is 0.376. The highest BCUT2D eigenvalue weighted by Crippen LogP contribution is 2.52. The molecule has 0 aromatic heterocycles. The van der Waals surface area contributed by atoms with E-state index in [1.54, 1.807) is 0 Å². The van der Waals surface area contributed by atoms with E-state index in [2.05, 4.69) is 35.6 Å². The third kappa shape index (κ3) is 5.40. The Kier molecular flexibility index (Phi) is 8.16. The number of nitrogens with zero attached hydrogens (tertiary/aromatic N) is 1. The molecule has 0 radical (unpaired) electrons. The summed E-state index contributed by atoms with van der Waals surface area (Å²) in [6, 6.07) is 39.7. The van der Waals surface area contributed by atoms with Crippen molar-refractivity contribution in [3.8, 4) is 11.8 Å². The van der Waals surface area contributed by atoms with E-state index in [1.165, 1.54) is 0 Å². The van der Waals surface area contributed by atoms with Gasteiger partial charge in [-0.25, -0.2) is 4.67 Å². The summed E-state index contributed by atoms with van der Waals surface area (Å²) in [6.07, 6.45) is 1.94. The number of benzene rings is 4. The highest BCUT2D eigenvalue weighted by Gasteiger charge is 2.38. The van der Waals surface area contributed by atoms with Gasteiger partial charge >= 0.3 is 0 Å². The second kappa shape index (κ2) is 11.7. The molecular formula is C31H30NOP. The zero-order valence-corrected chi connectivity index (χ0v) is 20.4. The first-order valence-electron chi connectivity index (χ1n) is 11.8. The summed E-state index contributed by atoms with van der Waals surface area (Å²) < 4.78 is 17.5. The molecule has 4 aromatic rings. The lowest BCUT2D eigenvalue weighted by Crippen LogP contribution is -2.35. The fourth-order valence-corrected chi connectivity index (χ4v) is 7.08. The van der Waals surface area contributed by atoms with Gasteiger partial charge in [-0.15, -0.1) is 0 Å². The van der Waals surface area contributed by atoms with Crippen molar-refractivity contribution >= 4 is 17.9 Å². The fourth-order valence-electron chi connectivity index (χ4n) is 4.10. The Balaban J connectivity index is 1.93. The topological polar surface area (TPSA) is 20.3 Å². The molecule has 1 atom stereocenters. The SMILES string of the molecule is CCCCN(C(C#Cc1ccccc1)c1ccccc1)P(=O)(c1ccccc1)c1ccccc1. The van der Waals surface area contributed by atoms with Crippen molar-refractivity contribution in [1.29, 1.82) is 0 Å². The van der Waals surface area contributed by atoms with Gasteiger partial charge in [0.2, 0.25) is 7.29 Å². The largest absolute Gasteiger partial charge is 0.296 e. The van der Waals surface area contributed by atoms with Crippen molar-refractivity contribution in [3.05, 3.63) is 132 Å². The fraction of sp³-hybridized carbons (Fsp3) is 0.161. The van der Waals surface area contributed by atoms with Crippen LogP contribution in [0.3, 0.4) is 0 Å². The van der Waals surface area contributed by atoms with E-state index in [0.29, 0.717) is 6.54 Å². The van der Waals surface area contributed by atoms with E-state index in [4.69, 9.17) is 0 Å². The van der Waals surface area contributed by atoms with Gasteiger partial charge in [0.25, 0.3) is 0 Å². The minimum atomic E-state index is -3.18. The Labute approximate surface area is 203 Å². The third-order valence-corrected chi connectivity index (χ3v) is 9.01. The van der Waals surface area contributed by atoms with E-state index in [0.717, 1.165) is 34.6 Å². The summed E-state index contributed by atoms with van der Waals surface area (Å²) >= 11 is 0. The van der Waals surface area contributed by atoms with Crippen LogP contribution in [0.2, 0.25) is 0 Å². The van der Waals surface area contributed by atoms with Gasteiger partial charge in [-0.2, -0.15) is 0 Å². The van der Waals surface area contributed by atoms with Crippen molar-refractivity contribution in [2.75, 3.05) is 6.54 Å². The van der Waals surface area contributed by atoms with Gasteiger partial charge in [-0.3, -0.25) is 4.57 Å². The average molecular weight is 464 g/mol. The third-order valence-electron chi connectivity index (χ3n) is 5.86. The van der Waals surface area contributed by atoms with Crippen molar-refractivity contribution in [1.82, 2.24) is 4.67 Å². The molecular weight excluding hydrogens is 433 g/mol. The molecule has 0 fully saturated rings. The van der Waals surface area contributed by atoms with Gasteiger partial charge in [0, 0.05) is 22.7 Å². The highest BCUT2D eigenvalue weighted by atomic mass is 31.2. The predicted molar refractivity (Wildman–Crippen MR) is 144 cm³/mol. The Morgan fingerprint density at radius 1 is 0.706 bits per heavy atom. The molecule has 0 spiro atoms. The normalized spacial score (nSPS) is 12.1. The first-order valence-corrected chi connectivity index (χ1v) is 13.5. The Hall–Kier alpha value is -3.37. The highest BCUT2D eigenvalue weighted by molar-refractivity contribution is 7.76. The number of hydrogen-bond donors (Lipinski definition) is 0. The molecule has 0 aliphatic rings. The summed E-state index contributed by atoms with van der Waals surface area (Å²) in [5.41, 5.74) is 2.00. The number of unbranched alkanes of at least 4 members (excludes halogenated alkanes) is 1. The maximum atomic E-state index is 15.3. The molecule has 1 unspecified atom stereocenters. The van der Waals surface area contributed by atoms with Crippen molar-refractivity contribution in [2.45, 2.75) is 25.8 Å². The Morgan fingerprint density at radius 3 is 1.68 bits per heavy atom. The lowest BCUT2D eigenvalue weighted by atomic mass is 10.1. The van der Waals surface area contributed by atoms with Gasteiger partial charge < -0.3 is 0 Å². The van der Waals surface area contributed by atoms with Crippen LogP contribution in [-0.4, -0.2) is 11.2 Å². The van der Waals surface area contributed by atoms with Crippen molar-refractivity contribution < 1.29 is 4.57 Å². The van der Waals surface area contributed by atoms with Crippen LogP contribution < -0.4 is 10.6 Å². The lowest BCUT2D eigenvalue weighted by Gasteiger charge is -2.36. The quantitative estimate of drug-likeness (QED) is 0.211. The van der Waals surface area contributed by atoms with E-state index >= 15 is 4.57 Å². The van der Waals surface area contributed by atoms with Gasteiger partial charge in [0.1, 0.15) is 6.04 Å². The summed E-state index contributed by atoms with van der Waals surface area (Å²) in [4.78, 5) is 0. The molecule has 0 N–H and O–H groups in total. The van der Waals surface area contributed by atoms with Crippen LogP contribution in [0, 0.1) is 11.8 Å². The predicted octanol–water partition coefficient (Wildman–Crippen LogP) is 6.81. The zero-order valence-electron chi connectivity index (χ0n) is 19.5. The van der Waals surface area contributed by atoms with E-state index in [-0.39, 0.29) is 6.04 Å². The summed E-state index contributed by atoms with van der Waals surface area (Å²) in [5, 5.41) is 1.67. The number of hydrogen-bond acceptors (Lipinski definition) is 1. The van der Waals surface area contributed by atoms with Crippen LogP contribution in [0.25, 0.3) is 0 Å². The number of rotatable bonds is 8. The second-order valence-corrected chi connectivity index (χ2v) is 10.9. The summed E-state index contributed by atoms with van der Waals surface area (Å²) in [5.74, 6) is 6.87. The Bertz CT molecular complexity index is 1220. The smallest absolute Gasteiger partial charge is 0.208 e. The zero-order chi connectivity index (χ0) is 23.6. The molecule has 0 amide bonds. The first kappa shape index (κ1) is 23.8. The van der Waals surface area contributed by atoms with Crippen LogP contribution in [0.15, 0.2) is 121 Å².